The van der Waals surface area contributed by atoms with Crippen molar-refractivity contribution >= 4 is 18.0 Å². The number of carboxylic acids is 2. The number of cyclic esters (lactones) is 1. The number of carbonyl (C=O) groups excluding carboxylic acids is 1. The number of nitrogens with zero attached hydrogens (tertiary/aromatic N) is 2. The average molecular weight is 506 g/mol. The third-order valence-electron chi connectivity index (χ3n) is 6.61. The van der Waals surface area contributed by atoms with E-state index in [-0.39, 0.29) is 31.1 Å². The van der Waals surface area contributed by atoms with Gasteiger partial charge in [0.1, 0.15) is 12.1 Å². The maximum Gasteiger partial charge on any atom is 0.410 e. The molecule has 2 fully saturated rings. The highest BCUT2D eigenvalue weighted by Gasteiger charge is 2.42. The van der Waals surface area contributed by atoms with Crippen LogP contribution in [0.1, 0.15) is 76.9 Å². The van der Waals surface area contributed by atoms with Crippen molar-refractivity contribution in [2.75, 3.05) is 26.2 Å². The molecule has 9 nitrogen and oxygen atoms in total. The number of rotatable bonds is 11. The van der Waals surface area contributed by atoms with Gasteiger partial charge in [0.15, 0.2) is 0 Å². The summed E-state index contributed by atoms with van der Waals surface area (Å²) in [4.78, 5) is 37.0. The van der Waals surface area contributed by atoms with Gasteiger partial charge in [0, 0.05) is 13.0 Å². The van der Waals surface area contributed by atoms with Gasteiger partial charge in [-0.25, -0.2) is 4.79 Å². The van der Waals surface area contributed by atoms with E-state index in [9.17, 15) is 14.4 Å². The number of carbonyl (C=O) groups is 3. The second kappa shape index (κ2) is 15.5. The van der Waals surface area contributed by atoms with Gasteiger partial charge in [0.05, 0.1) is 6.04 Å². The van der Waals surface area contributed by atoms with Crippen molar-refractivity contribution in [1.29, 1.82) is 0 Å². The molecule has 1 aromatic carbocycles. The maximum atomic E-state index is 12.6. The molecule has 4 N–H and O–H groups in total. The number of nitrogens with two attached hydrogens (primary N) is 1. The number of likely N-dealkylation sites (tertiary alicyclic amines) is 1. The number of aliphatic carboxylic acids is 2. The Balaban J connectivity index is 0.000000388. The van der Waals surface area contributed by atoms with Gasteiger partial charge < -0.3 is 30.5 Å². The lowest BCUT2D eigenvalue weighted by molar-refractivity contribution is -0.139. The van der Waals surface area contributed by atoms with Crippen LogP contribution >= 0.6 is 0 Å². The molecular weight excluding hydrogens is 462 g/mol. The van der Waals surface area contributed by atoms with Crippen molar-refractivity contribution in [3.8, 4) is 0 Å². The van der Waals surface area contributed by atoms with Gasteiger partial charge in [-0.2, -0.15) is 0 Å². The molecule has 0 radical (unpaired) electrons. The molecule has 3 atom stereocenters. The summed E-state index contributed by atoms with van der Waals surface area (Å²) in [6.07, 6.45) is 6.88. The second-order valence-electron chi connectivity index (χ2n) is 10.1. The Morgan fingerprint density at radius 2 is 1.69 bits per heavy atom. The van der Waals surface area contributed by atoms with Gasteiger partial charge in [-0.05, 0) is 63.2 Å². The van der Waals surface area contributed by atoms with Crippen LogP contribution in [-0.4, -0.2) is 76.3 Å². The fourth-order valence-corrected chi connectivity index (χ4v) is 4.70. The molecule has 0 aliphatic carbocycles. The van der Waals surface area contributed by atoms with Gasteiger partial charge in [0.25, 0.3) is 0 Å². The third kappa shape index (κ3) is 10.1. The van der Waals surface area contributed by atoms with E-state index in [1.807, 2.05) is 23.1 Å². The molecule has 0 bridgehead atoms. The fourth-order valence-electron chi connectivity index (χ4n) is 4.70. The Kier molecular flexibility index (Phi) is 12.7. The molecule has 2 heterocycles. The Bertz CT molecular complexity index is 811. The largest absolute Gasteiger partial charge is 0.481 e. The number of hydrogen-bond donors (Lipinski definition) is 3. The van der Waals surface area contributed by atoms with Crippen molar-refractivity contribution in [2.45, 2.75) is 83.4 Å². The Morgan fingerprint density at radius 1 is 1.06 bits per heavy atom. The van der Waals surface area contributed by atoms with E-state index in [0.29, 0.717) is 5.92 Å². The standard InChI is InChI=1S/C22H34N2O2.C5H9NO4/c1-18(2)17-20-21(19-11-6-5-7-12-19)26-22(25)24(20)16-10-15-23-13-8-3-4-9-14-23;6-3(5(9)10)1-2-4(7)8/h5-7,11-12,18,20-21H,3-4,8-10,13-17H2,1-2H3;3H,1-2,6H2,(H,7,8)(H,9,10)/t20-,21+;/m0./s1. The molecule has 2 saturated heterocycles. The van der Waals surface area contributed by atoms with E-state index >= 15 is 0 Å². The summed E-state index contributed by atoms with van der Waals surface area (Å²) in [5.74, 6) is -1.66. The zero-order valence-corrected chi connectivity index (χ0v) is 21.7. The van der Waals surface area contributed by atoms with Gasteiger partial charge in [0.2, 0.25) is 0 Å². The van der Waals surface area contributed by atoms with Crippen molar-refractivity contribution in [1.82, 2.24) is 9.80 Å². The quantitative estimate of drug-likeness (QED) is 0.409. The van der Waals surface area contributed by atoms with Crippen molar-refractivity contribution in [3.05, 3.63) is 35.9 Å². The first-order valence-electron chi connectivity index (χ1n) is 13.1. The van der Waals surface area contributed by atoms with Gasteiger partial charge in [-0.15, -0.1) is 0 Å². The lowest BCUT2D eigenvalue weighted by Crippen LogP contribution is -2.37. The normalized spacial score (nSPS) is 21.3. The van der Waals surface area contributed by atoms with Gasteiger partial charge >= 0.3 is 18.0 Å². The van der Waals surface area contributed by atoms with E-state index < -0.39 is 18.0 Å². The monoisotopic (exact) mass is 505 g/mol. The molecule has 36 heavy (non-hydrogen) atoms. The number of hydrogen-bond acceptors (Lipinski definition) is 6. The molecular formula is C27H43N3O6. The lowest BCUT2D eigenvalue weighted by Gasteiger charge is -2.27. The predicted octanol–water partition coefficient (Wildman–Crippen LogP) is 4.12. The Hall–Kier alpha value is -2.65. The minimum Gasteiger partial charge on any atom is -0.481 e. The summed E-state index contributed by atoms with van der Waals surface area (Å²) in [6, 6.07) is 9.30. The zero-order valence-electron chi connectivity index (χ0n) is 21.7. The van der Waals surface area contributed by atoms with E-state index in [2.05, 4.69) is 30.9 Å². The minimum atomic E-state index is -1.17. The smallest absolute Gasteiger partial charge is 0.410 e. The molecule has 3 rings (SSSR count). The Labute approximate surface area is 214 Å². The Morgan fingerprint density at radius 3 is 2.25 bits per heavy atom. The number of benzene rings is 1. The summed E-state index contributed by atoms with van der Waals surface area (Å²) in [5.41, 5.74) is 6.11. The van der Waals surface area contributed by atoms with Crippen LogP contribution in [0, 0.1) is 5.92 Å². The highest BCUT2D eigenvalue weighted by Crippen LogP contribution is 2.36. The van der Waals surface area contributed by atoms with Crippen molar-refractivity contribution in [2.24, 2.45) is 11.7 Å². The van der Waals surface area contributed by atoms with E-state index in [1.54, 1.807) is 0 Å². The van der Waals surface area contributed by atoms with Gasteiger partial charge in [-0.3, -0.25) is 9.59 Å². The van der Waals surface area contributed by atoms with E-state index in [0.717, 1.165) is 31.5 Å². The average Bonchev–Trinajstić information content (AvgIpc) is 3.00. The van der Waals surface area contributed by atoms with Crippen LogP contribution in [-0.2, 0) is 14.3 Å². The molecule has 1 unspecified atom stereocenters. The number of carboxylic acid groups (broad SMARTS) is 2. The predicted molar refractivity (Wildman–Crippen MR) is 138 cm³/mol. The highest BCUT2D eigenvalue weighted by atomic mass is 16.6. The lowest BCUT2D eigenvalue weighted by atomic mass is 9.94. The first-order valence-corrected chi connectivity index (χ1v) is 13.1. The SMILES string of the molecule is CC(C)C[C@H]1[C@@H](c2ccccc2)OC(=O)N1CCCN1CCCCCC1.NC(CCC(=O)O)C(=O)O. The summed E-state index contributed by atoms with van der Waals surface area (Å²) in [7, 11) is 0. The minimum absolute atomic E-state index is 0.0231. The second-order valence-corrected chi connectivity index (χ2v) is 10.1. The topological polar surface area (TPSA) is 133 Å². The van der Waals surface area contributed by atoms with E-state index in [4.69, 9.17) is 20.7 Å². The van der Waals surface area contributed by atoms with Gasteiger partial charge in [-0.1, -0.05) is 57.0 Å². The van der Waals surface area contributed by atoms with Crippen LogP contribution in [0.15, 0.2) is 30.3 Å². The van der Waals surface area contributed by atoms with E-state index in [1.165, 1.54) is 38.8 Å². The third-order valence-corrected chi connectivity index (χ3v) is 6.61. The van der Waals surface area contributed by atoms with Crippen molar-refractivity contribution in [3.63, 3.8) is 0 Å². The summed E-state index contributed by atoms with van der Waals surface area (Å²) < 4.78 is 5.81. The first kappa shape index (κ1) is 29.6. The molecule has 0 spiro atoms. The first-order chi connectivity index (χ1) is 17.2. The van der Waals surface area contributed by atoms with Crippen LogP contribution in [0.3, 0.4) is 0 Å². The van der Waals surface area contributed by atoms with Crippen molar-refractivity contribution < 1.29 is 29.3 Å². The van der Waals surface area contributed by atoms with Crippen LogP contribution in [0.5, 0.6) is 0 Å². The maximum absolute atomic E-state index is 12.6. The number of ether oxygens (including phenoxy) is 1. The molecule has 202 valence electrons. The highest BCUT2D eigenvalue weighted by molar-refractivity contribution is 5.74. The molecule has 9 heteroatoms. The summed E-state index contributed by atoms with van der Waals surface area (Å²) in [5, 5.41) is 16.3. The fraction of sp³-hybridized carbons (Fsp3) is 0.667. The molecule has 0 aromatic heterocycles. The zero-order chi connectivity index (χ0) is 26.5. The van der Waals surface area contributed by atoms with Crippen LogP contribution in [0.2, 0.25) is 0 Å². The number of amides is 1. The van der Waals surface area contributed by atoms with Crippen LogP contribution in [0.25, 0.3) is 0 Å². The molecule has 1 amide bonds. The molecule has 2 aliphatic heterocycles. The van der Waals surface area contributed by atoms with Crippen LogP contribution in [0.4, 0.5) is 4.79 Å². The summed E-state index contributed by atoms with van der Waals surface area (Å²) in [6.45, 7) is 8.77. The molecule has 0 saturated carbocycles. The van der Waals surface area contributed by atoms with Crippen LogP contribution < -0.4 is 5.73 Å². The summed E-state index contributed by atoms with van der Waals surface area (Å²) >= 11 is 0. The molecule has 1 aromatic rings. The molecule has 2 aliphatic rings.